The number of sulfonamides is 1. The predicted molar refractivity (Wildman–Crippen MR) is 96.8 cm³/mol. The Hall–Kier alpha value is -2.23. The molecular formula is C17H22N4O4S. The highest BCUT2D eigenvalue weighted by Gasteiger charge is 2.28. The Balaban J connectivity index is 1.78. The maximum absolute atomic E-state index is 11.3. The maximum atomic E-state index is 11.3. The van der Waals surface area contributed by atoms with Gasteiger partial charge in [0, 0.05) is 17.4 Å². The van der Waals surface area contributed by atoms with Crippen molar-refractivity contribution in [3.63, 3.8) is 0 Å². The van der Waals surface area contributed by atoms with Gasteiger partial charge in [0.25, 0.3) is 0 Å². The lowest BCUT2D eigenvalue weighted by Crippen LogP contribution is -2.26. The van der Waals surface area contributed by atoms with Crippen molar-refractivity contribution in [2.24, 2.45) is 5.14 Å². The van der Waals surface area contributed by atoms with Crippen LogP contribution >= 0.6 is 0 Å². The molecular weight excluding hydrogens is 356 g/mol. The second-order valence-electron chi connectivity index (χ2n) is 6.23. The Kier molecular flexibility index (Phi) is 5.40. The van der Waals surface area contributed by atoms with Gasteiger partial charge in [0.15, 0.2) is 0 Å². The van der Waals surface area contributed by atoms with E-state index >= 15 is 0 Å². The number of nitrogens with one attached hydrogen (secondary N) is 1. The van der Waals surface area contributed by atoms with Gasteiger partial charge in [-0.3, -0.25) is 0 Å². The Morgan fingerprint density at radius 1 is 1.31 bits per heavy atom. The Morgan fingerprint density at radius 2 is 2.04 bits per heavy atom. The number of nitrogens with two attached hydrogens (primary N) is 1. The van der Waals surface area contributed by atoms with Gasteiger partial charge >= 0.3 is 0 Å². The average molecular weight is 378 g/mol. The molecule has 0 aliphatic heterocycles. The second-order valence-corrected chi connectivity index (χ2v) is 7.79. The Bertz CT molecular complexity index is 871. The summed E-state index contributed by atoms with van der Waals surface area (Å²) in [5.41, 5.74) is 1.48. The van der Waals surface area contributed by atoms with E-state index in [4.69, 9.17) is 9.88 Å². The van der Waals surface area contributed by atoms with Crippen LogP contribution in [0.5, 0.6) is 5.88 Å². The molecule has 1 aromatic heterocycles. The van der Waals surface area contributed by atoms with E-state index in [2.05, 4.69) is 15.3 Å². The molecule has 0 amide bonds. The van der Waals surface area contributed by atoms with Crippen molar-refractivity contribution >= 4 is 21.7 Å². The first-order chi connectivity index (χ1) is 12.4. The van der Waals surface area contributed by atoms with Crippen LogP contribution < -0.4 is 15.2 Å². The lowest BCUT2D eigenvalue weighted by molar-refractivity contribution is 0.0568. The lowest BCUT2D eigenvalue weighted by Gasteiger charge is -2.18. The summed E-state index contributed by atoms with van der Waals surface area (Å²) in [6.07, 6.45) is 4.13. The summed E-state index contributed by atoms with van der Waals surface area (Å²) in [4.78, 5) is 8.70. The van der Waals surface area contributed by atoms with Crippen LogP contribution in [0.3, 0.4) is 0 Å². The minimum absolute atomic E-state index is 0.0320. The van der Waals surface area contributed by atoms with E-state index in [1.165, 1.54) is 12.1 Å². The van der Waals surface area contributed by atoms with Gasteiger partial charge in [-0.05, 0) is 49.9 Å². The third-order valence-corrected chi connectivity index (χ3v) is 5.25. The Morgan fingerprint density at radius 3 is 2.62 bits per heavy atom. The van der Waals surface area contributed by atoms with Crippen LogP contribution in [0.15, 0.2) is 35.4 Å². The number of ether oxygens (including phenoxy) is 1. The van der Waals surface area contributed by atoms with Crippen molar-refractivity contribution in [1.29, 1.82) is 0 Å². The molecule has 1 saturated carbocycles. The number of nitrogens with zero attached hydrogens (tertiary/aromatic N) is 2. The zero-order chi connectivity index (χ0) is 18.7. The summed E-state index contributed by atoms with van der Waals surface area (Å²) >= 11 is 0. The molecule has 1 heterocycles. The number of hydrogen-bond donors (Lipinski definition) is 3. The third-order valence-electron chi connectivity index (χ3n) is 4.33. The topological polar surface area (TPSA) is 127 Å². The molecule has 4 N–H and O–H groups in total. The first-order valence-corrected chi connectivity index (χ1v) is 10.0. The van der Waals surface area contributed by atoms with Crippen LogP contribution in [0.4, 0.5) is 11.6 Å². The zero-order valence-electron chi connectivity index (χ0n) is 14.4. The van der Waals surface area contributed by atoms with Gasteiger partial charge in [-0.25, -0.2) is 18.5 Å². The van der Waals surface area contributed by atoms with Gasteiger partial charge in [-0.1, -0.05) is 6.92 Å². The van der Waals surface area contributed by atoms with Crippen molar-refractivity contribution < 1.29 is 18.3 Å². The van der Waals surface area contributed by atoms with Gasteiger partial charge in [-0.15, -0.1) is 0 Å². The van der Waals surface area contributed by atoms with Crippen LogP contribution in [0.25, 0.3) is 0 Å². The molecule has 2 aromatic rings. The number of anilines is 2. The van der Waals surface area contributed by atoms with Gasteiger partial charge in [0.1, 0.15) is 6.10 Å². The first-order valence-electron chi connectivity index (χ1n) is 8.47. The van der Waals surface area contributed by atoms with Crippen LogP contribution in [0.2, 0.25) is 0 Å². The standard InChI is InChI=1S/C17H22N4O4S/c1-2-11-10-19-17(21-16(11)25-15-5-3-4-14(15)22)20-12-6-8-13(9-7-12)26(18,23)24/h6-10,14-15,22H,2-5H2,1H3,(H2,18,23,24)(H,19,20,21)/t14-,15?/m1/s1. The number of aromatic nitrogens is 2. The fourth-order valence-corrected chi connectivity index (χ4v) is 3.36. The van der Waals surface area contributed by atoms with Crippen molar-refractivity contribution in [3.05, 3.63) is 36.0 Å². The molecule has 1 unspecified atom stereocenters. The van der Waals surface area contributed by atoms with E-state index in [9.17, 15) is 13.5 Å². The number of primary sulfonamides is 1. The third kappa shape index (κ3) is 4.29. The van der Waals surface area contributed by atoms with Gasteiger partial charge in [-0.2, -0.15) is 4.98 Å². The fraction of sp³-hybridized carbons (Fsp3) is 0.412. The summed E-state index contributed by atoms with van der Waals surface area (Å²) in [6, 6.07) is 5.98. The molecule has 0 bridgehead atoms. The molecule has 1 fully saturated rings. The summed E-state index contributed by atoms with van der Waals surface area (Å²) in [5, 5.41) is 18.1. The normalized spacial score (nSPS) is 20.1. The Labute approximate surface area is 152 Å². The molecule has 8 nitrogen and oxygen atoms in total. The van der Waals surface area contributed by atoms with E-state index < -0.39 is 16.1 Å². The summed E-state index contributed by atoms with van der Waals surface area (Å²) in [7, 11) is -3.73. The first kappa shape index (κ1) is 18.6. The molecule has 26 heavy (non-hydrogen) atoms. The quantitative estimate of drug-likeness (QED) is 0.698. The van der Waals surface area contributed by atoms with Crippen LogP contribution in [0.1, 0.15) is 31.7 Å². The highest BCUT2D eigenvalue weighted by Crippen LogP contribution is 2.27. The van der Waals surface area contributed by atoms with Crippen LogP contribution in [0, 0.1) is 0 Å². The number of hydrogen-bond acceptors (Lipinski definition) is 7. The molecule has 0 radical (unpaired) electrons. The maximum Gasteiger partial charge on any atom is 0.238 e. The average Bonchev–Trinajstić information content (AvgIpc) is 3.00. The zero-order valence-corrected chi connectivity index (χ0v) is 15.2. The highest BCUT2D eigenvalue weighted by atomic mass is 32.2. The van der Waals surface area contributed by atoms with E-state index in [-0.39, 0.29) is 11.0 Å². The van der Waals surface area contributed by atoms with Crippen molar-refractivity contribution in [1.82, 2.24) is 9.97 Å². The molecule has 0 saturated heterocycles. The minimum atomic E-state index is -3.73. The van der Waals surface area contributed by atoms with Gasteiger partial charge in [0.05, 0.1) is 11.0 Å². The fourth-order valence-electron chi connectivity index (χ4n) is 2.84. The summed E-state index contributed by atoms with van der Waals surface area (Å²) < 4.78 is 28.5. The van der Waals surface area contributed by atoms with Gasteiger partial charge in [0.2, 0.25) is 21.9 Å². The molecule has 1 aliphatic rings. The van der Waals surface area contributed by atoms with Gasteiger partial charge < -0.3 is 15.2 Å². The van der Waals surface area contributed by atoms with Crippen LogP contribution in [-0.4, -0.2) is 35.7 Å². The molecule has 9 heteroatoms. The number of aliphatic hydroxyl groups is 1. The summed E-state index contributed by atoms with van der Waals surface area (Å²) in [5.74, 6) is 0.783. The van der Waals surface area contributed by atoms with Crippen molar-refractivity contribution in [2.75, 3.05) is 5.32 Å². The second kappa shape index (κ2) is 7.56. The molecule has 140 valence electrons. The highest BCUT2D eigenvalue weighted by molar-refractivity contribution is 7.89. The van der Waals surface area contributed by atoms with E-state index in [0.29, 0.717) is 23.9 Å². The molecule has 0 spiro atoms. The smallest absolute Gasteiger partial charge is 0.238 e. The van der Waals surface area contributed by atoms with Crippen molar-refractivity contribution in [2.45, 2.75) is 49.7 Å². The molecule has 1 aromatic carbocycles. The largest absolute Gasteiger partial charge is 0.471 e. The van der Waals surface area contributed by atoms with Crippen LogP contribution in [-0.2, 0) is 16.4 Å². The van der Waals surface area contributed by atoms with E-state index in [1.807, 2.05) is 6.92 Å². The van der Waals surface area contributed by atoms with E-state index in [0.717, 1.165) is 24.8 Å². The number of rotatable bonds is 6. The SMILES string of the molecule is CCc1cnc(Nc2ccc(S(N)(=O)=O)cc2)nc1OC1CCC[C@H]1O. The number of aliphatic hydroxyl groups excluding tert-OH is 1. The molecule has 2 atom stereocenters. The molecule has 3 rings (SSSR count). The minimum Gasteiger partial charge on any atom is -0.471 e. The number of benzene rings is 1. The summed E-state index contributed by atoms with van der Waals surface area (Å²) in [6.45, 7) is 1.98. The van der Waals surface area contributed by atoms with Crippen molar-refractivity contribution in [3.8, 4) is 5.88 Å². The molecule has 1 aliphatic carbocycles. The monoisotopic (exact) mass is 378 g/mol. The van der Waals surface area contributed by atoms with E-state index in [1.54, 1.807) is 18.3 Å². The number of aryl methyl sites for hydroxylation is 1. The predicted octanol–water partition coefficient (Wildman–Crippen LogP) is 1.72. The lowest BCUT2D eigenvalue weighted by atomic mass is 10.2.